The van der Waals surface area contributed by atoms with Crippen molar-refractivity contribution in [3.63, 3.8) is 0 Å². The normalized spacial score (nSPS) is 16.5. The van der Waals surface area contributed by atoms with Gasteiger partial charge in [0.2, 0.25) is 20.0 Å². The predicted molar refractivity (Wildman–Crippen MR) is 138 cm³/mol. The Labute approximate surface area is 213 Å². The molecule has 37 heavy (non-hydrogen) atoms. The van der Waals surface area contributed by atoms with Crippen LogP contribution in [0.3, 0.4) is 0 Å². The van der Waals surface area contributed by atoms with E-state index < -0.39 is 20.0 Å². The van der Waals surface area contributed by atoms with Crippen molar-refractivity contribution < 1.29 is 16.8 Å². The van der Waals surface area contributed by atoms with Gasteiger partial charge in [0.15, 0.2) is 0 Å². The van der Waals surface area contributed by atoms with E-state index in [2.05, 4.69) is 0 Å². The smallest absolute Gasteiger partial charge is 0.295 e. The highest BCUT2D eigenvalue weighted by Gasteiger charge is 2.32. The van der Waals surface area contributed by atoms with E-state index >= 15 is 0 Å². The number of fused-ring (bicyclic) bond motifs is 2. The molecule has 1 saturated heterocycles. The number of hydrogen-bond acceptors (Lipinski definition) is 6. The molecule has 1 fully saturated rings. The molecule has 0 amide bonds. The fraction of sp³-hybridized carbons (Fsp3) is 0.391. The van der Waals surface area contributed by atoms with Gasteiger partial charge in [-0.2, -0.15) is 8.61 Å². The number of imidazole rings is 2. The van der Waals surface area contributed by atoms with E-state index in [-0.39, 0.29) is 47.3 Å². The largest absolute Gasteiger partial charge is 0.328 e. The monoisotopic (exact) mass is 548 g/mol. The SMILES string of the molecule is Cn1c(=O)n(C)c2cc(S(=O)(=O)N3CCCN(S(=O)(=O)c4ccc5c(c4)n(C)c(=O)n5C)CC3)ccc21. The van der Waals surface area contributed by atoms with E-state index in [1.807, 2.05) is 0 Å². The molecular weight excluding hydrogens is 520 g/mol. The molecule has 14 heteroatoms. The summed E-state index contributed by atoms with van der Waals surface area (Å²) >= 11 is 0. The van der Waals surface area contributed by atoms with Gasteiger partial charge in [-0.3, -0.25) is 18.3 Å². The Morgan fingerprint density at radius 1 is 0.541 bits per heavy atom. The number of benzene rings is 2. The molecule has 1 aliphatic rings. The molecule has 1 aliphatic heterocycles. The van der Waals surface area contributed by atoms with Crippen LogP contribution in [0.5, 0.6) is 0 Å². The van der Waals surface area contributed by atoms with E-state index in [0.29, 0.717) is 28.5 Å². The van der Waals surface area contributed by atoms with Crippen LogP contribution in [0, 0.1) is 0 Å². The van der Waals surface area contributed by atoms with Crippen LogP contribution in [0.1, 0.15) is 6.42 Å². The summed E-state index contributed by atoms with van der Waals surface area (Å²) in [6.07, 6.45) is 0.316. The molecular formula is C23H28N6O6S2. The van der Waals surface area contributed by atoms with Crippen molar-refractivity contribution in [1.29, 1.82) is 0 Å². The van der Waals surface area contributed by atoms with Gasteiger partial charge in [0.25, 0.3) is 0 Å². The average molecular weight is 549 g/mol. The highest BCUT2D eigenvalue weighted by Crippen LogP contribution is 2.25. The van der Waals surface area contributed by atoms with Gasteiger partial charge in [-0.1, -0.05) is 0 Å². The quantitative estimate of drug-likeness (QED) is 0.357. The van der Waals surface area contributed by atoms with E-state index in [9.17, 15) is 26.4 Å². The average Bonchev–Trinajstić information content (AvgIpc) is 3.11. The van der Waals surface area contributed by atoms with Crippen LogP contribution in [0.25, 0.3) is 22.1 Å². The van der Waals surface area contributed by atoms with Crippen molar-refractivity contribution in [3.8, 4) is 0 Å². The molecule has 4 aromatic rings. The van der Waals surface area contributed by atoms with Gasteiger partial charge >= 0.3 is 11.4 Å². The number of aryl methyl sites for hydroxylation is 4. The van der Waals surface area contributed by atoms with E-state index in [4.69, 9.17) is 0 Å². The number of hydrogen-bond donors (Lipinski definition) is 0. The van der Waals surface area contributed by atoms with Gasteiger partial charge in [-0.15, -0.1) is 0 Å². The second-order valence-corrected chi connectivity index (χ2v) is 13.1. The summed E-state index contributed by atoms with van der Waals surface area (Å²) in [5.74, 6) is 0. The summed E-state index contributed by atoms with van der Waals surface area (Å²) < 4.78 is 62.1. The van der Waals surface area contributed by atoms with Gasteiger partial charge in [0.1, 0.15) is 0 Å². The lowest BCUT2D eigenvalue weighted by molar-refractivity contribution is 0.404. The minimum Gasteiger partial charge on any atom is -0.295 e. The molecule has 0 bridgehead atoms. The van der Waals surface area contributed by atoms with Crippen LogP contribution in [0.4, 0.5) is 0 Å². The zero-order chi connectivity index (χ0) is 26.9. The van der Waals surface area contributed by atoms with Gasteiger partial charge in [-0.25, -0.2) is 26.4 Å². The standard InChI is InChI=1S/C23H28N6O6S2/c1-24-18-8-6-16(14-20(18)26(3)22(24)30)36(32,33)28-10-5-11-29(13-12-28)37(34,35)17-7-9-19-21(15-17)27(4)23(31)25(19)2/h6-9,14-15H,5,10-13H2,1-4H3. The predicted octanol–water partition coefficient (Wildman–Crippen LogP) is 0.153. The van der Waals surface area contributed by atoms with Crippen LogP contribution in [-0.2, 0) is 48.2 Å². The molecule has 198 valence electrons. The van der Waals surface area contributed by atoms with Gasteiger partial charge in [0, 0.05) is 54.4 Å². The number of rotatable bonds is 4. The van der Waals surface area contributed by atoms with Crippen molar-refractivity contribution in [3.05, 3.63) is 57.4 Å². The van der Waals surface area contributed by atoms with Gasteiger partial charge < -0.3 is 0 Å². The minimum absolute atomic E-state index is 0.0145. The Kier molecular flexibility index (Phi) is 5.97. The molecule has 0 spiro atoms. The molecule has 0 unspecified atom stereocenters. The molecule has 5 rings (SSSR count). The van der Waals surface area contributed by atoms with Crippen molar-refractivity contribution in [2.24, 2.45) is 28.2 Å². The Morgan fingerprint density at radius 2 is 0.892 bits per heavy atom. The molecule has 0 aliphatic carbocycles. The summed E-state index contributed by atoms with van der Waals surface area (Å²) in [6, 6.07) is 9.10. The van der Waals surface area contributed by atoms with Gasteiger partial charge in [0.05, 0.1) is 31.9 Å². The van der Waals surface area contributed by atoms with Crippen molar-refractivity contribution in [1.82, 2.24) is 26.9 Å². The van der Waals surface area contributed by atoms with Crippen LogP contribution in [0.15, 0.2) is 55.8 Å². The van der Waals surface area contributed by atoms with Crippen LogP contribution in [-0.4, -0.2) is 69.9 Å². The minimum atomic E-state index is -3.92. The Hall–Kier alpha value is -3.20. The topological polar surface area (TPSA) is 129 Å². The van der Waals surface area contributed by atoms with E-state index in [1.54, 1.807) is 40.3 Å². The zero-order valence-corrected chi connectivity index (χ0v) is 22.6. The lowest BCUT2D eigenvalue weighted by atomic mass is 10.3. The summed E-state index contributed by atoms with van der Waals surface area (Å²) in [6.45, 7) is 0.289. The van der Waals surface area contributed by atoms with E-state index in [1.165, 1.54) is 51.1 Å². The first-order chi connectivity index (χ1) is 17.4. The van der Waals surface area contributed by atoms with E-state index in [0.717, 1.165) is 0 Å². The molecule has 0 saturated carbocycles. The number of nitrogens with zero attached hydrogens (tertiary/aromatic N) is 6. The third-order valence-corrected chi connectivity index (χ3v) is 11.0. The molecule has 3 heterocycles. The first-order valence-corrected chi connectivity index (χ1v) is 14.5. The summed E-state index contributed by atoms with van der Waals surface area (Å²) in [5, 5.41) is 0. The lowest BCUT2D eigenvalue weighted by Gasteiger charge is -2.22. The Morgan fingerprint density at radius 3 is 1.27 bits per heavy atom. The molecule has 0 atom stereocenters. The Balaban J connectivity index is 1.42. The van der Waals surface area contributed by atoms with Crippen molar-refractivity contribution in [2.75, 3.05) is 26.2 Å². The summed E-state index contributed by atoms with van der Waals surface area (Å²) in [5.41, 5.74) is 1.72. The first kappa shape index (κ1) is 25.4. The van der Waals surface area contributed by atoms with Crippen molar-refractivity contribution in [2.45, 2.75) is 16.2 Å². The zero-order valence-electron chi connectivity index (χ0n) is 20.9. The molecule has 0 N–H and O–H groups in total. The fourth-order valence-corrected chi connectivity index (χ4v) is 7.92. The first-order valence-electron chi connectivity index (χ1n) is 11.7. The molecule has 0 radical (unpaired) electrons. The van der Waals surface area contributed by atoms with Crippen LogP contribution < -0.4 is 11.4 Å². The maximum atomic E-state index is 13.5. The second kappa shape index (κ2) is 8.68. The molecule has 2 aromatic heterocycles. The summed E-state index contributed by atoms with van der Waals surface area (Å²) in [4.78, 5) is 24.6. The highest BCUT2D eigenvalue weighted by atomic mass is 32.2. The van der Waals surface area contributed by atoms with Crippen LogP contribution >= 0.6 is 0 Å². The maximum Gasteiger partial charge on any atom is 0.328 e. The number of aromatic nitrogens is 4. The van der Waals surface area contributed by atoms with Crippen molar-refractivity contribution >= 4 is 42.1 Å². The lowest BCUT2D eigenvalue weighted by Crippen LogP contribution is -2.37. The number of sulfonamides is 2. The van der Waals surface area contributed by atoms with Crippen LogP contribution in [0.2, 0.25) is 0 Å². The maximum absolute atomic E-state index is 13.5. The highest BCUT2D eigenvalue weighted by molar-refractivity contribution is 7.89. The third-order valence-electron chi connectivity index (χ3n) is 7.18. The second-order valence-electron chi connectivity index (χ2n) is 9.26. The Bertz CT molecular complexity index is 1760. The van der Waals surface area contributed by atoms with Gasteiger partial charge in [-0.05, 0) is 42.8 Å². The fourth-order valence-electron chi connectivity index (χ4n) is 4.94. The molecule has 12 nitrogen and oxygen atoms in total. The molecule has 2 aromatic carbocycles. The summed E-state index contributed by atoms with van der Waals surface area (Å²) in [7, 11) is -1.43. The third kappa shape index (κ3) is 3.86.